The van der Waals surface area contributed by atoms with E-state index in [2.05, 4.69) is 4.90 Å². The first-order valence-corrected chi connectivity index (χ1v) is 8.02. The van der Waals surface area contributed by atoms with Crippen molar-refractivity contribution < 1.29 is 9.21 Å². The molecule has 2 saturated carbocycles. The fraction of sp³-hybridized carbons (Fsp3) is 0.500. The summed E-state index contributed by atoms with van der Waals surface area (Å²) in [5.41, 5.74) is 0.803. The maximum absolute atomic E-state index is 12.5. The van der Waals surface area contributed by atoms with Crippen LogP contribution < -0.4 is 0 Å². The average molecular weight is 283 g/mol. The molecule has 2 aliphatic rings. The minimum Gasteiger partial charge on any atom is -0.453 e. The summed E-state index contributed by atoms with van der Waals surface area (Å²) < 4.78 is 5.70. The molecule has 0 bridgehead atoms. The van der Waals surface area contributed by atoms with E-state index in [0.29, 0.717) is 12.3 Å². The van der Waals surface area contributed by atoms with Gasteiger partial charge in [0.25, 0.3) is 0 Å². The summed E-state index contributed by atoms with van der Waals surface area (Å²) in [6, 6.07) is 9.69. The van der Waals surface area contributed by atoms with Crippen LogP contribution in [0.1, 0.15) is 36.2 Å². The van der Waals surface area contributed by atoms with Crippen LogP contribution in [-0.2, 0) is 0 Å². The molecule has 3 nitrogen and oxygen atoms in total. The second kappa shape index (κ2) is 5.30. The number of Topliss-reactive ketones (excluding diaryl/α,β-unsaturated/α-hetero) is 1. The number of benzene rings is 1. The number of furan rings is 1. The lowest BCUT2D eigenvalue weighted by molar-refractivity contribution is 0.0898. The van der Waals surface area contributed by atoms with Crippen LogP contribution in [0.3, 0.4) is 0 Å². The fourth-order valence-electron chi connectivity index (χ4n) is 2.94. The quantitative estimate of drug-likeness (QED) is 0.726. The number of carbonyl (C=O) groups excluding carboxylic acids is 1. The van der Waals surface area contributed by atoms with E-state index in [1.54, 1.807) is 0 Å². The van der Waals surface area contributed by atoms with Crippen LogP contribution in [0, 0.1) is 11.8 Å². The van der Waals surface area contributed by atoms with Crippen molar-refractivity contribution in [2.75, 3.05) is 19.6 Å². The van der Waals surface area contributed by atoms with Crippen molar-refractivity contribution in [1.29, 1.82) is 0 Å². The molecule has 1 aromatic heterocycles. The molecule has 0 unspecified atom stereocenters. The first kappa shape index (κ1) is 13.1. The summed E-state index contributed by atoms with van der Waals surface area (Å²) >= 11 is 0. The lowest BCUT2D eigenvalue weighted by Gasteiger charge is -2.20. The number of hydrogen-bond donors (Lipinski definition) is 0. The number of nitrogens with zero attached hydrogens (tertiary/aromatic N) is 1. The Balaban J connectivity index is 1.46. The van der Waals surface area contributed by atoms with Crippen molar-refractivity contribution in [1.82, 2.24) is 4.90 Å². The van der Waals surface area contributed by atoms with Crippen LogP contribution in [0.5, 0.6) is 0 Å². The molecule has 0 aliphatic heterocycles. The highest BCUT2D eigenvalue weighted by atomic mass is 16.3. The van der Waals surface area contributed by atoms with Gasteiger partial charge in [-0.25, -0.2) is 0 Å². The van der Waals surface area contributed by atoms with Gasteiger partial charge in [0.15, 0.2) is 5.76 Å². The molecule has 2 aliphatic carbocycles. The van der Waals surface area contributed by atoms with Gasteiger partial charge in [0, 0.05) is 18.5 Å². The maximum atomic E-state index is 12.5. The van der Waals surface area contributed by atoms with Crippen molar-refractivity contribution in [3.8, 4) is 0 Å². The molecule has 110 valence electrons. The summed E-state index contributed by atoms with van der Waals surface area (Å²) in [5, 5.41) is 1.01. The number of fused-ring (bicyclic) bond motifs is 1. The third-order valence-corrected chi connectivity index (χ3v) is 4.49. The Bertz CT molecular complexity index is 605. The van der Waals surface area contributed by atoms with Crippen LogP contribution in [0.15, 0.2) is 34.7 Å². The van der Waals surface area contributed by atoms with Gasteiger partial charge in [0.2, 0.25) is 5.78 Å². The predicted molar refractivity (Wildman–Crippen MR) is 82.4 cm³/mol. The summed E-state index contributed by atoms with van der Waals surface area (Å²) in [4.78, 5) is 14.8. The molecule has 1 aromatic carbocycles. The minimum absolute atomic E-state index is 0.118. The largest absolute Gasteiger partial charge is 0.453 e. The van der Waals surface area contributed by atoms with Gasteiger partial charge in [-0.05, 0) is 49.7 Å². The van der Waals surface area contributed by atoms with Crippen molar-refractivity contribution in [2.45, 2.75) is 25.7 Å². The van der Waals surface area contributed by atoms with E-state index >= 15 is 0 Å². The molecule has 0 saturated heterocycles. The smallest absolute Gasteiger partial charge is 0.211 e. The van der Waals surface area contributed by atoms with Gasteiger partial charge in [-0.1, -0.05) is 18.2 Å². The molecule has 2 fully saturated rings. The standard InChI is InChI=1S/C18H21NO2/c20-16(18-9-15-3-1-2-4-17(15)21-18)12-19(10-13-5-6-13)11-14-7-8-14/h1-4,9,13-14H,5-8,10-12H2. The Kier molecular flexibility index (Phi) is 3.30. The maximum Gasteiger partial charge on any atom is 0.211 e. The van der Waals surface area contributed by atoms with Gasteiger partial charge in [0.05, 0.1) is 6.54 Å². The van der Waals surface area contributed by atoms with Gasteiger partial charge >= 0.3 is 0 Å². The van der Waals surface area contributed by atoms with E-state index in [1.165, 1.54) is 25.7 Å². The van der Waals surface area contributed by atoms with E-state index in [1.807, 2.05) is 30.3 Å². The molecule has 2 aromatic rings. The molecule has 0 amide bonds. The lowest BCUT2D eigenvalue weighted by atomic mass is 10.2. The fourth-order valence-corrected chi connectivity index (χ4v) is 2.94. The van der Waals surface area contributed by atoms with Crippen molar-refractivity contribution in [3.63, 3.8) is 0 Å². The zero-order valence-corrected chi connectivity index (χ0v) is 12.3. The SMILES string of the molecule is O=C(CN(CC1CC1)CC1CC1)c1cc2ccccc2o1. The Morgan fingerprint density at radius 3 is 2.38 bits per heavy atom. The lowest BCUT2D eigenvalue weighted by Crippen LogP contribution is -2.33. The van der Waals surface area contributed by atoms with E-state index in [0.717, 1.165) is 35.9 Å². The third kappa shape index (κ3) is 3.18. The van der Waals surface area contributed by atoms with Gasteiger partial charge in [-0.2, -0.15) is 0 Å². The zero-order valence-electron chi connectivity index (χ0n) is 12.3. The van der Waals surface area contributed by atoms with Gasteiger partial charge in [-0.3, -0.25) is 9.69 Å². The number of para-hydroxylation sites is 1. The van der Waals surface area contributed by atoms with Crippen molar-refractivity contribution in [3.05, 3.63) is 36.1 Å². The van der Waals surface area contributed by atoms with Gasteiger partial charge in [-0.15, -0.1) is 0 Å². The van der Waals surface area contributed by atoms with E-state index in [9.17, 15) is 4.79 Å². The van der Waals surface area contributed by atoms with Crippen LogP contribution in [0.4, 0.5) is 0 Å². The molecule has 0 atom stereocenters. The predicted octanol–water partition coefficient (Wildman–Crippen LogP) is 3.74. The molecule has 0 radical (unpaired) electrons. The Morgan fingerprint density at radius 1 is 1.10 bits per heavy atom. The summed E-state index contributed by atoms with van der Waals surface area (Å²) in [6.45, 7) is 2.68. The van der Waals surface area contributed by atoms with Crippen LogP contribution in [-0.4, -0.2) is 30.3 Å². The van der Waals surface area contributed by atoms with Crippen LogP contribution in [0.25, 0.3) is 11.0 Å². The van der Waals surface area contributed by atoms with E-state index in [-0.39, 0.29) is 5.78 Å². The number of ketones is 1. The molecule has 4 rings (SSSR count). The second-order valence-electron chi connectivity index (χ2n) is 6.65. The van der Waals surface area contributed by atoms with Crippen LogP contribution >= 0.6 is 0 Å². The average Bonchev–Trinajstić information content (AvgIpc) is 3.39. The van der Waals surface area contributed by atoms with E-state index in [4.69, 9.17) is 4.42 Å². The first-order chi connectivity index (χ1) is 10.3. The Hall–Kier alpha value is -1.61. The Morgan fingerprint density at radius 2 is 1.76 bits per heavy atom. The zero-order chi connectivity index (χ0) is 14.2. The second-order valence-corrected chi connectivity index (χ2v) is 6.65. The van der Waals surface area contributed by atoms with Gasteiger partial charge in [0.1, 0.15) is 5.58 Å². The monoisotopic (exact) mass is 283 g/mol. The van der Waals surface area contributed by atoms with Crippen LogP contribution in [0.2, 0.25) is 0 Å². The molecular weight excluding hydrogens is 262 g/mol. The molecular formula is C18H21NO2. The molecule has 1 heterocycles. The van der Waals surface area contributed by atoms with E-state index < -0.39 is 0 Å². The number of rotatable bonds is 7. The molecule has 0 spiro atoms. The normalized spacial score (nSPS) is 18.5. The third-order valence-electron chi connectivity index (χ3n) is 4.49. The summed E-state index contributed by atoms with van der Waals surface area (Å²) in [5.74, 6) is 2.28. The highest BCUT2D eigenvalue weighted by Crippen LogP contribution is 2.33. The number of carbonyl (C=O) groups is 1. The van der Waals surface area contributed by atoms with Gasteiger partial charge < -0.3 is 4.42 Å². The minimum atomic E-state index is 0.118. The summed E-state index contributed by atoms with van der Waals surface area (Å²) in [6.07, 6.45) is 5.33. The van der Waals surface area contributed by atoms with Crippen molar-refractivity contribution >= 4 is 16.8 Å². The topological polar surface area (TPSA) is 33.5 Å². The summed E-state index contributed by atoms with van der Waals surface area (Å²) in [7, 11) is 0. The molecule has 0 N–H and O–H groups in total. The number of hydrogen-bond acceptors (Lipinski definition) is 3. The first-order valence-electron chi connectivity index (χ1n) is 8.02. The molecule has 3 heteroatoms. The van der Waals surface area contributed by atoms with Crippen molar-refractivity contribution in [2.24, 2.45) is 11.8 Å². The highest BCUT2D eigenvalue weighted by molar-refractivity contribution is 5.98. The Labute approximate surface area is 124 Å². The molecule has 21 heavy (non-hydrogen) atoms. The highest BCUT2D eigenvalue weighted by Gasteiger charge is 2.30.